The van der Waals surface area contributed by atoms with E-state index < -0.39 is 43.5 Å². The maximum absolute atomic E-state index is 12.5. The molecule has 0 aliphatic carbocycles. The third-order valence-corrected chi connectivity index (χ3v) is 5.45. The van der Waals surface area contributed by atoms with E-state index in [-0.39, 0.29) is 6.42 Å². The molecule has 0 radical (unpaired) electrons. The Bertz CT molecular complexity index is 502. The third-order valence-electron chi connectivity index (χ3n) is 3.57. The lowest BCUT2D eigenvalue weighted by molar-refractivity contribution is -0.139. The van der Waals surface area contributed by atoms with Crippen LogP contribution < -0.4 is 22.0 Å². The van der Waals surface area contributed by atoms with Crippen LogP contribution in [0.3, 0.4) is 0 Å². The van der Waals surface area contributed by atoms with E-state index in [1.165, 1.54) is 0 Å². The Labute approximate surface area is 134 Å². The zero-order valence-corrected chi connectivity index (χ0v) is 14.0. The van der Waals surface area contributed by atoms with Crippen molar-refractivity contribution in [2.75, 3.05) is 13.1 Å². The first-order valence-corrected chi connectivity index (χ1v) is 8.79. The number of aliphatic carboxylic acids is 1. The first-order valence-electron chi connectivity index (χ1n) is 7.38. The van der Waals surface area contributed by atoms with Gasteiger partial charge in [0.2, 0.25) is 5.91 Å². The van der Waals surface area contributed by atoms with Crippen molar-refractivity contribution in [1.29, 1.82) is 0 Å². The molecule has 2 unspecified atom stereocenters. The number of nitrogens with one attached hydrogen (secondary N) is 2. The molecule has 0 spiro atoms. The minimum Gasteiger partial charge on any atom is -0.481 e. The van der Waals surface area contributed by atoms with Crippen LogP contribution >= 0.6 is 7.95 Å². The summed E-state index contributed by atoms with van der Waals surface area (Å²) in [6, 6.07) is -1.23. The van der Waals surface area contributed by atoms with Crippen LogP contribution in [-0.2, 0) is 18.9 Å². The Morgan fingerprint density at radius 2 is 2.17 bits per heavy atom. The molecule has 1 aliphatic rings. The molecule has 23 heavy (non-hydrogen) atoms. The normalized spacial score (nSPS) is 24.1. The second-order valence-electron chi connectivity index (χ2n) is 5.49. The number of hydrazine groups is 1. The van der Waals surface area contributed by atoms with Crippen molar-refractivity contribution in [3.8, 4) is 0 Å². The van der Waals surface area contributed by atoms with E-state index in [1.54, 1.807) is 0 Å². The van der Waals surface area contributed by atoms with Crippen molar-refractivity contribution in [2.45, 2.75) is 43.9 Å². The lowest BCUT2D eigenvalue weighted by Crippen LogP contribution is -2.60. The van der Waals surface area contributed by atoms with Gasteiger partial charge >= 0.3 is 5.97 Å². The van der Waals surface area contributed by atoms with Gasteiger partial charge in [0.25, 0.3) is 5.91 Å². The topological polar surface area (TPSA) is 168 Å². The number of carbonyl (C=O) groups excluding carboxylic acids is 2. The Hall–Kier alpha value is -1.48. The number of amides is 2. The number of carboxylic acid groups (broad SMARTS) is 1. The fourth-order valence-corrected chi connectivity index (χ4v) is 3.79. The lowest BCUT2D eigenvalue weighted by Gasteiger charge is -2.36. The molecule has 0 saturated carbocycles. The van der Waals surface area contributed by atoms with Gasteiger partial charge in [0, 0.05) is 13.1 Å². The molecule has 3 atom stereocenters. The maximum Gasteiger partial charge on any atom is 0.305 e. The summed E-state index contributed by atoms with van der Waals surface area (Å²) in [5.74, 6) is 3.01. The lowest BCUT2D eigenvalue weighted by atomic mass is 10.1. The van der Waals surface area contributed by atoms with Crippen molar-refractivity contribution in [2.24, 2.45) is 11.6 Å². The first-order chi connectivity index (χ1) is 10.7. The number of hydrogen-bond acceptors (Lipinski definition) is 6. The van der Waals surface area contributed by atoms with Gasteiger partial charge in [-0.1, -0.05) is 6.92 Å². The average Bonchev–Trinajstić information content (AvgIpc) is 2.48. The molecular weight excluding hydrogens is 325 g/mol. The Morgan fingerprint density at radius 1 is 1.52 bits per heavy atom. The molecule has 1 saturated heterocycles. The van der Waals surface area contributed by atoms with Crippen molar-refractivity contribution < 1.29 is 24.1 Å². The molecule has 1 heterocycles. The number of nitrogens with zero attached hydrogens (tertiary/aromatic N) is 1. The quantitative estimate of drug-likeness (QED) is 0.202. The number of carbonyl (C=O) groups is 3. The highest BCUT2D eigenvalue weighted by Crippen LogP contribution is 2.39. The highest BCUT2D eigenvalue weighted by Gasteiger charge is 2.46. The van der Waals surface area contributed by atoms with E-state index in [1.807, 2.05) is 6.92 Å². The predicted molar refractivity (Wildman–Crippen MR) is 83.5 cm³/mol. The summed E-state index contributed by atoms with van der Waals surface area (Å²) in [6.07, 6.45) is 0.730. The van der Waals surface area contributed by atoms with Crippen LogP contribution in [-0.4, -0.2) is 52.3 Å². The molecule has 0 aromatic carbocycles. The van der Waals surface area contributed by atoms with Crippen molar-refractivity contribution in [3.05, 3.63) is 0 Å². The summed E-state index contributed by atoms with van der Waals surface area (Å²) >= 11 is 0. The van der Waals surface area contributed by atoms with Crippen LogP contribution in [0.15, 0.2) is 0 Å². The minimum absolute atomic E-state index is 0.153. The van der Waals surface area contributed by atoms with Gasteiger partial charge in [0.15, 0.2) is 13.2 Å². The van der Waals surface area contributed by atoms with Gasteiger partial charge in [-0.15, -0.1) is 0 Å². The zero-order chi connectivity index (χ0) is 17.6. The fourth-order valence-electron chi connectivity index (χ4n) is 2.25. The Balaban J connectivity index is 2.85. The molecular formula is C12H24N5O5P. The van der Waals surface area contributed by atoms with Gasteiger partial charge in [-0.2, -0.15) is 0 Å². The van der Waals surface area contributed by atoms with Gasteiger partial charge < -0.3 is 20.7 Å². The van der Waals surface area contributed by atoms with E-state index in [2.05, 4.69) is 10.4 Å². The number of hydrogen-bond donors (Lipinski definition) is 5. The predicted octanol–water partition coefficient (Wildman–Crippen LogP) is -1.43. The first kappa shape index (κ1) is 19.6. The number of carboxylic acids is 1. The largest absolute Gasteiger partial charge is 0.481 e. The molecule has 11 heteroatoms. The van der Waals surface area contributed by atoms with Crippen LogP contribution in [0.4, 0.5) is 0 Å². The maximum atomic E-state index is 12.5. The van der Waals surface area contributed by atoms with Crippen LogP contribution in [0, 0.1) is 0 Å². The fraction of sp³-hybridized carbons (Fsp3) is 0.750. The number of rotatable bonds is 8. The van der Waals surface area contributed by atoms with E-state index in [4.69, 9.17) is 16.7 Å². The highest BCUT2D eigenvalue weighted by atomic mass is 31.1. The second kappa shape index (κ2) is 8.39. The van der Waals surface area contributed by atoms with E-state index in [9.17, 15) is 18.9 Å². The summed E-state index contributed by atoms with van der Waals surface area (Å²) in [5, 5.41) is 13.1. The van der Waals surface area contributed by atoms with Gasteiger partial charge in [0.1, 0.15) is 6.04 Å². The molecule has 132 valence electrons. The Morgan fingerprint density at radius 3 is 2.74 bits per heavy atom. The summed E-state index contributed by atoms with van der Waals surface area (Å²) in [5.41, 5.74) is 5.94. The molecule has 0 bridgehead atoms. The smallest absolute Gasteiger partial charge is 0.305 e. The van der Waals surface area contributed by atoms with Crippen LogP contribution in [0.2, 0.25) is 0 Å². The molecule has 1 aliphatic heterocycles. The SMILES string of the molecule is CCCNC(=O)C(CC(=O)O)N[PH](=O)[C@@]1(N)CCCN(N)C1=O. The van der Waals surface area contributed by atoms with Gasteiger partial charge in [-0.05, 0) is 19.3 Å². The van der Waals surface area contributed by atoms with Crippen molar-refractivity contribution in [3.63, 3.8) is 0 Å². The van der Waals surface area contributed by atoms with E-state index >= 15 is 0 Å². The van der Waals surface area contributed by atoms with Crippen LogP contribution in [0.1, 0.15) is 32.6 Å². The summed E-state index contributed by atoms with van der Waals surface area (Å²) in [4.78, 5) is 35.0. The van der Waals surface area contributed by atoms with Gasteiger partial charge in [0.05, 0.1) is 6.42 Å². The van der Waals surface area contributed by atoms with Gasteiger partial charge in [-0.25, -0.2) is 5.84 Å². The van der Waals surface area contributed by atoms with Crippen molar-refractivity contribution >= 4 is 25.7 Å². The molecule has 7 N–H and O–H groups in total. The second-order valence-corrected chi connectivity index (χ2v) is 7.33. The minimum atomic E-state index is -3.00. The van der Waals surface area contributed by atoms with Crippen molar-refractivity contribution in [1.82, 2.24) is 15.4 Å². The molecule has 10 nitrogen and oxygen atoms in total. The van der Waals surface area contributed by atoms with Crippen LogP contribution in [0.25, 0.3) is 0 Å². The third kappa shape index (κ3) is 5.00. The average molecular weight is 349 g/mol. The molecule has 0 aromatic rings. The standard InChI is InChI=1S/C12H24N5O5P/c1-2-5-15-10(20)8(7-9(18)19)16-23(22)12(13)4-3-6-17(14)11(12)21/h8,23H,2-7,13-14H2,1H3,(H,15,20)(H,16,22)(H,18,19)/t8?,12-/m0/s1. The van der Waals surface area contributed by atoms with Crippen LogP contribution in [0.5, 0.6) is 0 Å². The summed E-state index contributed by atoms with van der Waals surface area (Å²) in [7, 11) is -3.00. The zero-order valence-electron chi connectivity index (χ0n) is 13.0. The van der Waals surface area contributed by atoms with E-state index in [0.29, 0.717) is 25.9 Å². The molecule has 1 fully saturated rings. The summed E-state index contributed by atoms with van der Waals surface area (Å²) in [6.45, 7) is 2.51. The molecule has 0 aromatic heterocycles. The summed E-state index contributed by atoms with van der Waals surface area (Å²) < 4.78 is 12.5. The van der Waals surface area contributed by atoms with Gasteiger partial charge in [-0.3, -0.25) is 24.5 Å². The number of piperidine rings is 1. The Kier molecular flexibility index (Phi) is 7.14. The molecule has 1 rings (SSSR count). The number of nitrogens with two attached hydrogens (primary N) is 2. The highest BCUT2D eigenvalue weighted by molar-refractivity contribution is 7.45. The van der Waals surface area contributed by atoms with E-state index in [0.717, 1.165) is 5.01 Å². The monoisotopic (exact) mass is 349 g/mol. The molecule has 2 amide bonds.